The van der Waals surface area contributed by atoms with E-state index in [1.165, 1.54) is 0 Å². The summed E-state index contributed by atoms with van der Waals surface area (Å²) < 4.78 is 0. The number of carbonyl (C=O) groups excluding carboxylic acids is 3. The Morgan fingerprint density at radius 3 is 2.64 bits per heavy atom. The van der Waals surface area contributed by atoms with E-state index in [1.807, 2.05) is 0 Å². The molecule has 0 aromatic carbocycles. The van der Waals surface area contributed by atoms with Crippen molar-refractivity contribution in [3.8, 4) is 0 Å². The maximum atomic E-state index is 11.2. The van der Waals surface area contributed by atoms with Gasteiger partial charge in [0.05, 0.1) is 5.92 Å². The van der Waals surface area contributed by atoms with Crippen molar-refractivity contribution in [3.63, 3.8) is 0 Å². The van der Waals surface area contributed by atoms with Crippen LogP contribution in [0, 0.1) is 5.92 Å². The van der Waals surface area contributed by atoms with Crippen molar-refractivity contribution in [2.75, 3.05) is 0 Å². The fourth-order valence-electron chi connectivity index (χ4n) is 1.55. The predicted octanol–water partition coefficient (Wildman–Crippen LogP) is 0.597. The molecule has 1 aliphatic rings. The van der Waals surface area contributed by atoms with Gasteiger partial charge in [-0.3, -0.25) is 14.9 Å². The molecule has 4 heteroatoms. The van der Waals surface area contributed by atoms with Gasteiger partial charge in [-0.2, -0.15) is 0 Å². The molecule has 1 atom stereocenters. The molecular weight excluding hydrogens is 182 g/mol. The highest BCUT2D eigenvalue weighted by atomic mass is 16.2. The molecule has 0 aliphatic carbocycles. The molecule has 0 spiro atoms. The van der Waals surface area contributed by atoms with Crippen LogP contribution < -0.4 is 5.32 Å². The fraction of sp³-hybridized carbons (Fsp3) is 0.600. The van der Waals surface area contributed by atoms with Crippen LogP contribution in [0.15, 0.2) is 5.57 Å². The second kappa shape index (κ2) is 4.72. The second-order valence-electron chi connectivity index (χ2n) is 3.38. The van der Waals surface area contributed by atoms with E-state index in [2.05, 4.69) is 12.2 Å². The van der Waals surface area contributed by atoms with Crippen molar-refractivity contribution in [2.45, 2.75) is 32.6 Å². The van der Waals surface area contributed by atoms with Gasteiger partial charge in [-0.15, -0.1) is 0 Å². The van der Waals surface area contributed by atoms with Crippen molar-refractivity contribution in [1.29, 1.82) is 0 Å². The molecule has 0 radical (unpaired) electrons. The van der Waals surface area contributed by atoms with E-state index in [0.29, 0.717) is 6.42 Å². The second-order valence-corrected chi connectivity index (χ2v) is 3.38. The number of hydrogen-bond acceptors (Lipinski definition) is 3. The number of imide groups is 1. The standard InChI is InChI=1S/C10H13NO3/c1-2-3-4-5-7-8(6-12)10(14)11-9(7)13/h7H,2-5H2,1H3,(H,11,13,14). The van der Waals surface area contributed by atoms with Crippen molar-refractivity contribution in [3.05, 3.63) is 5.57 Å². The van der Waals surface area contributed by atoms with Crippen LogP contribution in [0.1, 0.15) is 32.6 Å². The SMILES string of the molecule is CCCCCC1C(=O)NC(=O)C1=C=O. The minimum atomic E-state index is -0.577. The maximum absolute atomic E-state index is 11.2. The molecule has 0 aromatic rings. The monoisotopic (exact) mass is 195 g/mol. The number of rotatable bonds is 4. The molecule has 1 saturated heterocycles. The van der Waals surface area contributed by atoms with Crippen LogP contribution in [-0.4, -0.2) is 17.8 Å². The van der Waals surface area contributed by atoms with Crippen LogP contribution in [0.2, 0.25) is 0 Å². The van der Waals surface area contributed by atoms with Gasteiger partial charge in [-0.25, -0.2) is 4.79 Å². The summed E-state index contributed by atoms with van der Waals surface area (Å²) in [5, 5.41) is 2.12. The average Bonchev–Trinajstić information content (AvgIpc) is 2.42. The van der Waals surface area contributed by atoms with Crippen LogP contribution in [0.25, 0.3) is 0 Å². The molecule has 1 heterocycles. The number of hydrogen-bond donors (Lipinski definition) is 1. The van der Waals surface area contributed by atoms with Gasteiger partial charge in [0, 0.05) is 0 Å². The Morgan fingerprint density at radius 1 is 1.36 bits per heavy atom. The first-order valence-electron chi connectivity index (χ1n) is 4.81. The third kappa shape index (κ3) is 2.09. The third-order valence-corrected chi connectivity index (χ3v) is 2.35. The smallest absolute Gasteiger partial charge is 0.265 e. The van der Waals surface area contributed by atoms with Crippen molar-refractivity contribution >= 4 is 17.8 Å². The number of unbranched alkanes of at least 4 members (excludes halogenated alkanes) is 2. The molecule has 1 N–H and O–H groups in total. The van der Waals surface area contributed by atoms with Crippen molar-refractivity contribution in [2.24, 2.45) is 5.92 Å². The summed E-state index contributed by atoms with van der Waals surface area (Å²) in [6.45, 7) is 2.05. The summed E-state index contributed by atoms with van der Waals surface area (Å²) in [6.07, 6.45) is 3.47. The van der Waals surface area contributed by atoms with Gasteiger partial charge in [0.15, 0.2) is 0 Å². The quantitative estimate of drug-likeness (QED) is 0.309. The molecule has 0 bridgehead atoms. The van der Waals surface area contributed by atoms with Crippen LogP contribution in [0.5, 0.6) is 0 Å². The number of nitrogens with one attached hydrogen (secondary N) is 1. The zero-order chi connectivity index (χ0) is 10.6. The molecule has 0 saturated carbocycles. The minimum Gasteiger partial charge on any atom is -0.291 e. The molecule has 4 nitrogen and oxygen atoms in total. The highest BCUT2D eigenvalue weighted by Crippen LogP contribution is 2.21. The van der Waals surface area contributed by atoms with E-state index in [1.54, 1.807) is 5.94 Å². The Morgan fingerprint density at radius 2 is 2.07 bits per heavy atom. The van der Waals surface area contributed by atoms with Gasteiger partial charge in [0.2, 0.25) is 5.91 Å². The normalized spacial score (nSPS) is 20.9. The molecule has 1 unspecified atom stereocenters. The lowest BCUT2D eigenvalue weighted by Crippen LogP contribution is -2.22. The van der Waals surface area contributed by atoms with Gasteiger partial charge < -0.3 is 0 Å². The summed E-state index contributed by atoms with van der Waals surface area (Å²) >= 11 is 0. The first kappa shape index (κ1) is 10.7. The van der Waals surface area contributed by atoms with Crippen LogP contribution >= 0.6 is 0 Å². The Bertz CT molecular complexity index is 302. The molecular formula is C10H13NO3. The highest BCUT2D eigenvalue weighted by Gasteiger charge is 2.36. The Balaban J connectivity index is 2.62. The first-order chi connectivity index (χ1) is 6.70. The number of amides is 2. The predicted molar refractivity (Wildman–Crippen MR) is 50.0 cm³/mol. The van der Waals surface area contributed by atoms with E-state index >= 15 is 0 Å². The summed E-state index contributed by atoms with van der Waals surface area (Å²) in [5.41, 5.74) is -0.0360. The van der Waals surface area contributed by atoms with E-state index in [4.69, 9.17) is 0 Å². The van der Waals surface area contributed by atoms with Gasteiger partial charge >= 0.3 is 0 Å². The topological polar surface area (TPSA) is 63.2 Å². The Hall–Kier alpha value is -1.41. The van der Waals surface area contributed by atoms with Crippen molar-refractivity contribution < 1.29 is 14.4 Å². The molecule has 0 aromatic heterocycles. The molecule has 1 aliphatic heterocycles. The molecule has 2 amide bonds. The molecule has 1 fully saturated rings. The highest BCUT2D eigenvalue weighted by molar-refractivity contribution is 6.18. The Kier molecular flexibility index (Phi) is 3.60. The Labute approximate surface area is 82.4 Å². The van der Waals surface area contributed by atoms with Gasteiger partial charge in [-0.1, -0.05) is 26.2 Å². The van der Waals surface area contributed by atoms with Gasteiger partial charge in [-0.05, 0) is 6.42 Å². The van der Waals surface area contributed by atoms with Crippen LogP contribution in [0.3, 0.4) is 0 Å². The lowest BCUT2D eigenvalue weighted by atomic mass is 9.96. The van der Waals surface area contributed by atoms with Gasteiger partial charge in [0.1, 0.15) is 11.5 Å². The molecule has 14 heavy (non-hydrogen) atoms. The zero-order valence-electron chi connectivity index (χ0n) is 8.13. The van der Waals surface area contributed by atoms with Gasteiger partial charge in [0.25, 0.3) is 5.91 Å². The fourth-order valence-corrected chi connectivity index (χ4v) is 1.55. The van der Waals surface area contributed by atoms with E-state index < -0.39 is 11.8 Å². The molecule has 1 rings (SSSR count). The maximum Gasteiger partial charge on any atom is 0.265 e. The van der Waals surface area contributed by atoms with Crippen LogP contribution in [0.4, 0.5) is 0 Å². The summed E-state index contributed by atoms with van der Waals surface area (Å²) in [6, 6.07) is 0. The number of carbonyl (C=O) groups is 2. The summed E-state index contributed by atoms with van der Waals surface area (Å²) in [7, 11) is 0. The summed E-state index contributed by atoms with van der Waals surface area (Å²) in [4.78, 5) is 32.7. The summed E-state index contributed by atoms with van der Waals surface area (Å²) in [5.74, 6) is 0.0572. The first-order valence-corrected chi connectivity index (χ1v) is 4.81. The van der Waals surface area contributed by atoms with E-state index in [9.17, 15) is 14.4 Å². The van der Waals surface area contributed by atoms with Crippen molar-refractivity contribution in [1.82, 2.24) is 5.32 Å². The lowest BCUT2D eigenvalue weighted by Gasteiger charge is -2.03. The van der Waals surface area contributed by atoms with E-state index in [-0.39, 0.29) is 11.5 Å². The minimum absolute atomic E-state index is 0.0360. The largest absolute Gasteiger partial charge is 0.291 e. The molecule has 76 valence electrons. The average molecular weight is 195 g/mol. The zero-order valence-corrected chi connectivity index (χ0v) is 8.13. The van der Waals surface area contributed by atoms with Crippen LogP contribution in [-0.2, 0) is 14.4 Å². The lowest BCUT2D eigenvalue weighted by molar-refractivity contribution is -0.125. The third-order valence-electron chi connectivity index (χ3n) is 2.35. The van der Waals surface area contributed by atoms with E-state index in [0.717, 1.165) is 19.3 Å².